The van der Waals surface area contributed by atoms with Crippen LogP contribution in [0.25, 0.3) is 11.3 Å². The van der Waals surface area contributed by atoms with E-state index in [0.29, 0.717) is 31.3 Å². The second kappa shape index (κ2) is 6.37. The highest BCUT2D eigenvalue weighted by Gasteiger charge is 2.22. The van der Waals surface area contributed by atoms with E-state index in [4.69, 9.17) is 15.7 Å². The molecular formula is C16H15F2N5O. The highest BCUT2D eigenvalue weighted by atomic mass is 19.1. The lowest BCUT2D eigenvalue weighted by Crippen LogP contribution is -2.44. The standard InChI is InChI=1S/C16H15F2N5O/c1-9-8-24-3-2-23(9)15-6-14(21-16(20)22-15)10-4-12(17)11(7-19)13(18)5-10/h4-6,9H,2-3,8H2,1H3,(H2,20,21,22)/t9-/m1/s1. The van der Waals surface area contributed by atoms with Gasteiger partial charge in [0.2, 0.25) is 5.95 Å². The van der Waals surface area contributed by atoms with Gasteiger partial charge >= 0.3 is 0 Å². The van der Waals surface area contributed by atoms with E-state index < -0.39 is 17.2 Å². The van der Waals surface area contributed by atoms with Crippen LogP contribution in [0.1, 0.15) is 12.5 Å². The van der Waals surface area contributed by atoms with Gasteiger partial charge in [-0.25, -0.2) is 13.8 Å². The number of nitrogen functional groups attached to an aromatic ring is 1. The number of hydrogen-bond acceptors (Lipinski definition) is 6. The number of halogens is 2. The Morgan fingerprint density at radius 2 is 2.00 bits per heavy atom. The second-order valence-electron chi connectivity index (χ2n) is 5.51. The Morgan fingerprint density at radius 3 is 2.62 bits per heavy atom. The van der Waals surface area contributed by atoms with Gasteiger partial charge in [0.25, 0.3) is 0 Å². The second-order valence-corrected chi connectivity index (χ2v) is 5.51. The van der Waals surface area contributed by atoms with Crippen LogP contribution in [0.3, 0.4) is 0 Å². The lowest BCUT2D eigenvalue weighted by molar-refractivity contribution is 0.0985. The van der Waals surface area contributed by atoms with E-state index in [1.165, 1.54) is 6.07 Å². The largest absolute Gasteiger partial charge is 0.377 e. The topological polar surface area (TPSA) is 88.1 Å². The number of benzene rings is 1. The number of nitrogens with zero attached hydrogens (tertiary/aromatic N) is 4. The van der Waals surface area contributed by atoms with Crippen molar-refractivity contribution in [3.05, 3.63) is 35.4 Å². The Kier molecular flexibility index (Phi) is 4.27. The fraction of sp³-hybridized carbons (Fsp3) is 0.312. The first kappa shape index (κ1) is 16.1. The molecule has 0 spiro atoms. The van der Waals surface area contributed by atoms with Crippen LogP contribution >= 0.6 is 0 Å². The van der Waals surface area contributed by atoms with E-state index in [-0.39, 0.29) is 17.6 Å². The van der Waals surface area contributed by atoms with Crippen molar-refractivity contribution in [2.24, 2.45) is 0 Å². The molecule has 0 unspecified atom stereocenters. The van der Waals surface area contributed by atoms with Gasteiger partial charge in [-0.2, -0.15) is 10.2 Å². The number of hydrogen-bond donors (Lipinski definition) is 1. The lowest BCUT2D eigenvalue weighted by Gasteiger charge is -2.34. The van der Waals surface area contributed by atoms with Crippen LogP contribution in [0.4, 0.5) is 20.5 Å². The molecule has 3 rings (SSSR count). The maximum atomic E-state index is 13.9. The van der Waals surface area contributed by atoms with Gasteiger partial charge in [-0.1, -0.05) is 0 Å². The number of nitrogens with two attached hydrogens (primary N) is 1. The first-order valence-electron chi connectivity index (χ1n) is 7.38. The third-order valence-corrected chi connectivity index (χ3v) is 3.84. The zero-order chi connectivity index (χ0) is 17.3. The van der Waals surface area contributed by atoms with E-state index in [1.54, 1.807) is 6.07 Å². The van der Waals surface area contributed by atoms with Crippen molar-refractivity contribution in [3.63, 3.8) is 0 Å². The summed E-state index contributed by atoms with van der Waals surface area (Å²) in [7, 11) is 0. The fourth-order valence-electron chi connectivity index (χ4n) is 2.64. The summed E-state index contributed by atoms with van der Waals surface area (Å²) in [6, 6.07) is 5.34. The number of rotatable bonds is 2. The molecule has 1 aliphatic heterocycles. The molecule has 24 heavy (non-hydrogen) atoms. The average Bonchev–Trinajstić information content (AvgIpc) is 2.54. The zero-order valence-corrected chi connectivity index (χ0v) is 13.0. The van der Waals surface area contributed by atoms with Crippen molar-refractivity contribution in [2.75, 3.05) is 30.4 Å². The molecule has 0 radical (unpaired) electrons. The Labute approximate surface area is 137 Å². The number of anilines is 2. The van der Waals surface area contributed by atoms with Crippen molar-refractivity contribution in [1.29, 1.82) is 5.26 Å². The van der Waals surface area contributed by atoms with Gasteiger partial charge in [-0.05, 0) is 19.1 Å². The Balaban J connectivity index is 2.05. The molecule has 1 aromatic heterocycles. The van der Waals surface area contributed by atoms with Crippen LogP contribution in [0.5, 0.6) is 0 Å². The molecule has 1 fully saturated rings. The predicted octanol–water partition coefficient (Wildman–Crippen LogP) is 2.10. The van der Waals surface area contributed by atoms with E-state index in [0.717, 1.165) is 12.1 Å². The summed E-state index contributed by atoms with van der Waals surface area (Å²) in [5.74, 6) is -1.30. The Bertz CT molecular complexity index is 798. The minimum Gasteiger partial charge on any atom is -0.377 e. The summed E-state index contributed by atoms with van der Waals surface area (Å²) >= 11 is 0. The minimum absolute atomic E-state index is 0.00590. The maximum absolute atomic E-state index is 13.9. The molecule has 2 aromatic rings. The first-order chi connectivity index (χ1) is 11.5. The van der Waals surface area contributed by atoms with Gasteiger partial charge < -0.3 is 15.4 Å². The van der Waals surface area contributed by atoms with Crippen molar-refractivity contribution in [1.82, 2.24) is 9.97 Å². The third kappa shape index (κ3) is 2.98. The van der Waals surface area contributed by atoms with Crippen molar-refractivity contribution >= 4 is 11.8 Å². The van der Waals surface area contributed by atoms with Crippen LogP contribution in [0.2, 0.25) is 0 Å². The first-order valence-corrected chi connectivity index (χ1v) is 7.38. The fourth-order valence-corrected chi connectivity index (χ4v) is 2.64. The molecule has 1 atom stereocenters. The minimum atomic E-state index is -0.939. The monoisotopic (exact) mass is 331 g/mol. The van der Waals surface area contributed by atoms with Gasteiger partial charge in [0.15, 0.2) is 0 Å². The van der Waals surface area contributed by atoms with Crippen molar-refractivity contribution < 1.29 is 13.5 Å². The molecule has 0 amide bonds. The van der Waals surface area contributed by atoms with Crippen LogP contribution in [0, 0.1) is 23.0 Å². The van der Waals surface area contributed by atoms with Crippen LogP contribution < -0.4 is 10.6 Å². The molecular weight excluding hydrogens is 316 g/mol. The van der Waals surface area contributed by atoms with Gasteiger partial charge in [-0.15, -0.1) is 0 Å². The quantitative estimate of drug-likeness (QED) is 0.907. The number of ether oxygens (including phenoxy) is 1. The summed E-state index contributed by atoms with van der Waals surface area (Å²) < 4.78 is 33.1. The molecule has 2 heterocycles. The van der Waals surface area contributed by atoms with E-state index in [1.807, 2.05) is 11.8 Å². The highest BCUT2D eigenvalue weighted by Crippen LogP contribution is 2.27. The van der Waals surface area contributed by atoms with E-state index in [2.05, 4.69) is 9.97 Å². The number of morpholine rings is 1. The number of aromatic nitrogens is 2. The predicted molar refractivity (Wildman–Crippen MR) is 84.1 cm³/mol. The van der Waals surface area contributed by atoms with Crippen LogP contribution in [0.15, 0.2) is 18.2 Å². The molecule has 0 aliphatic carbocycles. The smallest absolute Gasteiger partial charge is 0.222 e. The zero-order valence-electron chi connectivity index (χ0n) is 13.0. The summed E-state index contributed by atoms with van der Waals surface area (Å²) in [5, 5.41) is 8.75. The van der Waals surface area contributed by atoms with Crippen LogP contribution in [-0.4, -0.2) is 35.8 Å². The molecule has 2 N–H and O–H groups in total. The molecule has 1 aromatic carbocycles. The molecule has 1 aliphatic rings. The molecule has 6 nitrogen and oxygen atoms in total. The average molecular weight is 331 g/mol. The van der Waals surface area contributed by atoms with Gasteiger partial charge in [-0.3, -0.25) is 0 Å². The van der Waals surface area contributed by atoms with Crippen molar-refractivity contribution in [2.45, 2.75) is 13.0 Å². The lowest BCUT2D eigenvalue weighted by atomic mass is 10.1. The molecule has 8 heteroatoms. The summed E-state index contributed by atoms with van der Waals surface area (Å²) in [6.07, 6.45) is 0. The Hall–Kier alpha value is -2.79. The highest BCUT2D eigenvalue weighted by molar-refractivity contribution is 5.66. The SMILES string of the molecule is C[C@@H]1COCCN1c1cc(-c2cc(F)c(C#N)c(F)c2)nc(N)n1. The van der Waals surface area contributed by atoms with E-state index in [9.17, 15) is 8.78 Å². The molecule has 0 saturated carbocycles. The summed E-state index contributed by atoms with van der Waals surface area (Å²) in [6.45, 7) is 3.73. The molecule has 124 valence electrons. The maximum Gasteiger partial charge on any atom is 0.222 e. The van der Waals surface area contributed by atoms with E-state index >= 15 is 0 Å². The summed E-state index contributed by atoms with van der Waals surface area (Å²) in [4.78, 5) is 10.3. The van der Waals surface area contributed by atoms with Gasteiger partial charge in [0.1, 0.15) is 29.1 Å². The van der Waals surface area contributed by atoms with Gasteiger partial charge in [0, 0.05) is 18.2 Å². The Morgan fingerprint density at radius 1 is 1.29 bits per heavy atom. The van der Waals surface area contributed by atoms with Crippen LogP contribution in [-0.2, 0) is 4.74 Å². The third-order valence-electron chi connectivity index (χ3n) is 3.84. The van der Waals surface area contributed by atoms with Gasteiger partial charge in [0.05, 0.1) is 24.9 Å². The summed E-state index contributed by atoms with van der Waals surface area (Å²) in [5.41, 5.74) is 5.62. The molecule has 0 bridgehead atoms. The molecule has 1 saturated heterocycles. The number of nitriles is 1. The van der Waals surface area contributed by atoms with Crippen molar-refractivity contribution in [3.8, 4) is 17.3 Å². The normalized spacial score (nSPS) is 17.6.